The lowest BCUT2D eigenvalue weighted by Gasteiger charge is -2.37. The molecule has 0 radical (unpaired) electrons. The van der Waals surface area contributed by atoms with E-state index in [-0.39, 0.29) is 5.92 Å². The normalized spacial score (nSPS) is 22.9. The highest BCUT2D eigenvalue weighted by Gasteiger charge is 2.36. The minimum absolute atomic E-state index is 0.143. The summed E-state index contributed by atoms with van der Waals surface area (Å²) in [4.78, 5) is 34.0. The van der Waals surface area contributed by atoms with Gasteiger partial charge in [0.15, 0.2) is 0 Å². The van der Waals surface area contributed by atoms with Crippen LogP contribution in [0.25, 0.3) is 0 Å². The monoisotopic (exact) mass is 410 g/mol. The summed E-state index contributed by atoms with van der Waals surface area (Å²) in [6, 6.07) is 9.02. The van der Waals surface area contributed by atoms with Crippen molar-refractivity contribution in [2.75, 3.05) is 24.5 Å². The molecule has 1 aromatic carbocycles. The largest absolute Gasteiger partial charge is 0.371 e. The molecule has 3 aliphatic rings. The van der Waals surface area contributed by atoms with Crippen LogP contribution in [0.3, 0.4) is 0 Å². The zero-order chi connectivity index (χ0) is 21.9. The minimum atomic E-state index is 0.143. The second kappa shape index (κ2) is 12.1. The zero-order valence-electron chi connectivity index (χ0n) is 18.1. The van der Waals surface area contributed by atoms with Gasteiger partial charge in [0.05, 0.1) is 12.0 Å². The average molecular weight is 411 g/mol. The lowest BCUT2D eigenvalue weighted by atomic mass is 9.93. The Kier molecular flexibility index (Phi) is 9.52. The fraction of sp³-hybridized carbons (Fsp3) is 0.480. The molecule has 1 aromatic rings. The van der Waals surface area contributed by atoms with Crippen molar-refractivity contribution in [3.63, 3.8) is 0 Å². The molecule has 5 heteroatoms. The highest BCUT2D eigenvalue weighted by atomic mass is 16.2. The van der Waals surface area contributed by atoms with E-state index < -0.39 is 0 Å². The van der Waals surface area contributed by atoms with Gasteiger partial charge in [-0.05, 0) is 68.7 Å². The second-order valence-electron chi connectivity index (χ2n) is 8.02. The summed E-state index contributed by atoms with van der Waals surface area (Å²) in [7, 11) is 0. The van der Waals surface area contributed by atoms with Crippen LogP contribution >= 0.6 is 0 Å². The third-order valence-electron chi connectivity index (χ3n) is 6.15. The highest BCUT2D eigenvalue weighted by molar-refractivity contribution is 5.81. The van der Waals surface area contributed by atoms with Crippen LogP contribution in [0.2, 0.25) is 0 Å². The zero-order valence-corrected chi connectivity index (χ0v) is 18.1. The lowest BCUT2D eigenvalue weighted by molar-refractivity contribution is -0.136. The van der Waals surface area contributed by atoms with Crippen molar-refractivity contribution >= 4 is 25.2 Å². The van der Waals surface area contributed by atoms with Crippen molar-refractivity contribution in [3.8, 4) is 0 Å². The highest BCUT2D eigenvalue weighted by Crippen LogP contribution is 2.32. The summed E-state index contributed by atoms with van der Waals surface area (Å²) < 4.78 is 0. The van der Waals surface area contributed by atoms with Crippen LogP contribution in [0.15, 0.2) is 48.1 Å². The first-order valence-corrected chi connectivity index (χ1v) is 10.8. The number of benzene rings is 1. The molecule has 0 spiro atoms. The Morgan fingerprint density at radius 1 is 1.07 bits per heavy atom. The number of rotatable bonds is 3. The summed E-state index contributed by atoms with van der Waals surface area (Å²) in [6.45, 7) is 9.00. The van der Waals surface area contributed by atoms with E-state index in [9.17, 15) is 4.79 Å². The molecule has 2 aliphatic heterocycles. The van der Waals surface area contributed by atoms with Gasteiger partial charge in [-0.3, -0.25) is 4.79 Å². The molecule has 0 saturated carbocycles. The van der Waals surface area contributed by atoms with Crippen LogP contribution in [0.4, 0.5) is 5.69 Å². The number of carbonyl (C=O) groups is 3. The molecule has 2 saturated heterocycles. The number of amides is 1. The lowest BCUT2D eigenvalue weighted by Crippen LogP contribution is -2.47. The SMILES string of the molecule is C=O.C=O.Cc1cccc(N2CCCC(C(=O)N3CCCC3C3=CC=CCC3)C2)c1. The molecule has 2 atom stereocenters. The molecule has 30 heavy (non-hydrogen) atoms. The molecule has 0 N–H and O–H groups in total. The van der Waals surface area contributed by atoms with Crippen LogP contribution in [-0.4, -0.2) is 50.1 Å². The number of anilines is 1. The quantitative estimate of drug-likeness (QED) is 0.752. The Hall–Kier alpha value is -2.69. The van der Waals surface area contributed by atoms with Crippen molar-refractivity contribution in [2.45, 2.75) is 51.5 Å². The Balaban J connectivity index is 0.000000757. The third kappa shape index (κ3) is 5.68. The molecule has 1 aliphatic carbocycles. The third-order valence-corrected chi connectivity index (χ3v) is 6.15. The number of carbonyl (C=O) groups excluding carboxylic acids is 3. The molecule has 0 aromatic heterocycles. The van der Waals surface area contributed by atoms with E-state index in [4.69, 9.17) is 9.59 Å². The Morgan fingerprint density at radius 3 is 2.53 bits per heavy atom. The summed E-state index contributed by atoms with van der Waals surface area (Å²) in [5, 5.41) is 0. The van der Waals surface area contributed by atoms with Crippen LogP contribution in [-0.2, 0) is 14.4 Å². The van der Waals surface area contributed by atoms with Gasteiger partial charge in [-0.25, -0.2) is 0 Å². The van der Waals surface area contributed by atoms with Gasteiger partial charge in [0, 0.05) is 25.3 Å². The van der Waals surface area contributed by atoms with Gasteiger partial charge >= 0.3 is 0 Å². The number of piperidine rings is 1. The maximum absolute atomic E-state index is 13.4. The maximum atomic E-state index is 13.4. The van der Waals surface area contributed by atoms with Gasteiger partial charge in [0.25, 0.3) is 0 Å². The summed E-state index contributed by atoms with van der Waals surface area (Å²) in [6.07, 6.45) is 13.3. The van der Waals surface area contributed by atoms with Crippen LogP contribution in [0.5, 0.6) is 0 Å². The van der Waals surface area contributed by atoms with Crippen LogP contribution < -0.4 is 4.90 Å². The smallest absolute Gasteiger partial charge is 0.227 e. The minimum Gasteiger partial charge on any atom is -0.371 e. The van der Waals surface area contributed by atoms with Gasteiger partial charge in [0.1, 0.15) is 13.6 Å². The molecule has 162 valence electrons. The van der Waals surface area contributed by atoms with Gasteiger partial charge in [-0.2, -0.15) is 0 Å². The van der Waals surface area contributed by atoms with E-state index in [1.807, 2.05) is 13.6 Å². The molecule has 1 amide bonds. The number of hydrogen-bond donors (Lipinski definition) is 0. The summed E-state index contributed by atoms with van der Waals surface area (Å²) in [5.74, 6) is 0.532. The van der Waals surface area contributed by atoms with E-state index in [0.29, 0.717) is 11.9 Å². The molecular weight excluding hydrogens is 376 g/mol. The molecule has 2 fully saturated rings. The number of allylic oxidation sites excluding steroid dienone is 3. The van der Waals surface area contributed by atoms with Crippen molar-refractivity contribution in [1.29, 1.82) is 0 Å². The Morgan fingerprint density at radius 2 is 1.83 bits per heavy atom. The maximum Gasteiger partial charge on any atom is 0.227 e. The van der Waals surface area contributed by atoms with E-state index in [2.05, 4.69) is 59.2 Å². The molecule has 2 heterocycles. The molecule has 0 bridgehead atoms. The van der Waals surface area contributed by atoms with Crippen molar-refractivity contribution < 1.29 is 14.4 Å². The first kappa shape index (κ1) is 23.6. The number of hydrogen-bond acceptors (Lipinski definition) is 4. The molecule has 2 unspecified atom stereocenters. The first-order valence-electron chi connectivity index (χ1n) is 10.8. The molecule has 5 nitrogen and oxygen atoms in total. The van der Waals surface area contributed by atoms with Crippen molar-refractivity contribution in [3.05, 3.63) is 53.6 Å². The summed E-state index contributed by atoms with van der Waals surface area (Å²) in [5.41, 5.74) is 4.01. The average Bonchev–Trinajstić information content (AvgIpc) is 3.32. The van der Waals surface area contributed by atoms with Gasteiger partial charge in [-0.15, -0.1) is 0 Å². The van der Waals surface area contributed by atoms with Crippen molar-refractivity contribution in [2.24, 2.45) is 5.92 Å². The van der Waals surface area contributed by atoms with E-state index in [0.717, 1.165) is 58.2 Å². The number of nitrogens with zero attached hydrogens (tertiary/aromatic N) is 2. The van der Waals surface area contributed by atoms with E-state index in [1.54, 1.807) is 0 Å². The van der Waals surface area contributed by atoms with Gasteiger partial charge in [-0.1, -0.05) is 30.4 Å². The fourth-order valence-electron chi connectivity index (χ4n) is 4.79. The Bertz CT molecular complexity index is 757. The predicted octanol–water partition coefficient (Wildman–Crippen LogP) is 4.11. The number of aryl methyl sites for hydroxylation is 1. The predicted molar refractivity (Wildman–Crippen MR) is 122 cm³/mol. The van der Waals surface area contributed by atoms with Gasteiger partial charge < -0.3 is 19.4 Å². The second-order valence-corrected chi connectivity index (χ2v) is 8.02. The summed E-state index contributed by atoms with van der Waals surface area (Å²) >= 11 is 0. The van der Waals surface area contributed by atoms with Crippen molar-refractivity contribution in [1.82, 2.24) is 4.90 Å². The molecular formula is C25H34N2O3. The standard InChI is InChI=1S/C23H30N2O.2CH2O/c1-18-8-5-12-21(16-18)24-14-6-11-20(17-24)23(26)25-15-7-13-22(25)19-9-3-2-4-10-19;2*1-2/h2-3,5,8-9,12,16,20,22H,4,6-7,10-11,13-15,17H2,1H3;2*1H2. The first-order chi connectivity index (χ1) is 14.7. The van der Waals surface area contributed by atoms with E-state index in [1.165, 1.54) is 16.8 Å². The van der Waals surface area contributed by atoms with Crippen LogP contribution in [0, 0.1) is 12.8 Å². The van der Waals surface area contributed by atoms with Gasteiger partial charge in [0.2, 0.25) is 5.91 Å². The van der Waals surface area contributed by atoms with Crippen LogP contribution in [0.1, 0.15) is 44.1 Å². The van der Waals surface area contributed by atoms with E-state index >= 15 is 0 Å². The molecule has 4 rings (SSSR count). The topological polar surface area (TPSA) is 57.7 Å². The Labute approximate surface area is 180 Å². The number of likely N-dealkylation sites (tertiary alicyclic amines) is 1. The fourth-order valence-corrected chi connectivity index (χ4v) is 4.79.